The second-order valence-corrected chi connectivity index (χ2v) is 6.15. The smallest absolute Gasteiger partial charge is 0.271 e. The third kappa shape index (κ3) is 3.45. The second-order valence-electron chi connectivity index (χ2n) is 5.21. The van der Waals surface area contributed by atoms with Crippen molar-refractivity contribution in [3.05, 3.63) is 51.7 Å². The van der Waals surface area contributed by atoms with Crippen molar-refractivity contribution in [3.8, 4) is 0 Å². The first-order valence-electron chi connectivity index (χ1n) is 6.86. The van der Waals surface area contributed by atoms with Gasteiger partial charge < -0.3 is 11.1 Å². The number of aromatic nitrogens is 1. The monoisotopic (exact) mass is 341 g/mol. The topological polar surface area (TPSA) is 68.0 Å². The van der Waals surface area contributed by atoms with Crippen LogP contribution in [0.25, 0.3) is 0 Å². The highest BCUT2D eigenvalue weighted by atomic mass is 35.5. The summed E-state index contributed by atoms with van der Waals surface area (Å²) in [4.78, 5) is 16.6. The Balaban J connectivity index is 0.00000176. The van der Waals surface area contributed by atoms with Gasteiger partial charge in [0.2, 0.25) is 0 Å². The van der Waals surface area contributed by atoms with Gasteiger partial charge in [-0.2, -0.15) is 0 Å². The molecule has 0 unspecified atom stereocenters. The Hall–Kier alpha value is -1.50. The summed E-state index contributed by atoms with van der Waals surface area (Å²) in [5, 5.41) is 5.59. The fourth-order valence-electron chi connectivity index (χ4n) is 2.33. The molecule has 1 aromatic carbocycles. The van der Waals surface area contributed by atoms with Crippen LogP contribution in [0.3, 0.4) is 0 Å². The van der Waals surface area contributed by atoms with E-state index in [0.29, 0.717) is 18.7 Å². The van der Waals surface area contributed by atoms with Gasteiger partial charge in [0, 0.05) is 11.8 Å². The van der Waals surface area contributed by atoms with Gasteiger partial charge in [-0.25, -0.2) is 9.37 Å². The standard InChI is InChI=1S/C15H16FN3OS.ClH/c16-11-3-1-2-10(8-11)15(5-6-15)19-14(20)12-9-21-13(18-12)4-7-17;/h1-3,8-9H,4-7,17H2,(H,19,20);1H. The van der Waals surface area contributed by atoms with Gasteiger partial charge >= 0.3 is 0 Å². The van der Waals surface area contributed by atoms with Crippen molar-refractivity contribution in [2.75, 3.05) is 6.54 Å². The summed E-state index contributed by atoms with van der Waals surface area (Å²) in [5.41, 5.74) is 6.27. The zero-order valence-corrected chi connectivity index (χ0v) is 13.5. The van der Waals surface area contributed by atoms with Gasteiger partial charge in [0.1, 0.15) is 11.5 Å². The Morgan fingerprint density at radius 2 is 2.23 bits per heavy atom. The van der Waals surface area contributed by atoms with Crippen molar-refractivity contribution in [2.45, 2.75) is 24.8 Å². The number of carbonyl (C=O) groups is 1. The Morgan fingerprint density at radius 3 is 2.86 bits per heavy atom. The van der Waals surface area contributed by atoms with Crippen LogP contribution in [0.5, 0.6) is 0 Å². The average molecular weight is 342 g/mol. The van der Waals surface area contributed by atoms with Crippen LogP contribution in [0.2, 0.25) is 0 Å². The molecule has 2 aromatic rings. The van der Waals surface area contributed by atoms with Crippen molar-refractivity contribution in [1.29, 1.82) is 0 Å². The van der Waals surface area contributed by atoms with Crippen molar-refractivity contribution in [3.63, 3.8) is 0 Å². The van der Waals surface area contributed by atoms with Crippen LogP contribution in [0.15, 0.2) is 29.6 Å². The molecule has 0 bridgehead atoms. The zero-order chi connectivity index (χ0) is 14.9. The lowest BCUT2D eigenvalue weighted by Crippen LogP contribution is -2.35. The molecular formula is C15H17ClFN3OS. The molecule has 1 aliphatic carbocycles. The molecule has 3 rings (SSSR count). The van der Waals surface area contributed by atoms with Gasteiger partial charge in [0.25, 0.3) is 5.91 Å². The first-order valence-corrected chi connectivity index (χ1v) is 7.74. The van der Waals surface area contributed by atoms with Crippen molar-refractivity contribution in [1.82, 2.24) is 10.3 Å². The molecule has 3 N–H and O–H groups in total. The molecule has 0 saturated heterocycles. The van der Waals surface area contributed by atoms with E-state index < -0.39 is 5.54 Å². The van der Waals surface area contributed by atoms with E-state index in [2.05, 4.69) is 10.3 Å². The van der Waals surface area contributed by atoms with E-state index in [-0.39, 0.29) is 24.1 Å². The number of carbonyl (C=O) groups excluding carboxylic acids is 1. The largest absolute Gasteiger partial charge is 0.341 e. The van der Waals surface area contributed by atoms with Gasteiger partial charge in [0.15, 0.2) is 0 Å². The highest BCUT2D eigenvalue weighted by Gasteiger charge is 2.46. The van der Waals surface area contributed by atoms with E-state index in [1.807, 2.05) is 6.07 Å². The number of rotatable bonds is 5. The maximum Gasteiger partial charge on any atom is 0.271 e. The fraction of sp³-hybridized carbons (Fsp3) is 0.333. The van der Waals surface area contributed by atoms with E-state index in [0.717, 1.165) is 23.4 Å². The summed E-state index contributed by atoms with van der Waals surface area (Å²) in [5.74, 6) is -0.497. The van der Waals surface area contributed by atoms with Crippen LogP contribution >= 0.6 is 23.7 Å². The van der Waals surface area contributed by atoms with Gasteiger partial charge in [-0.1, -0.05) is 12.1 Å². The van der Waals surface area contributed by atoms with E-state index in [9.17, 15) is 9.18 Å². The maximum absolute atomic E-state index is 13.3. The number of hydrogen-bond acceptors (Lipinski definition) is 4. The van der Waals surface area contributed by atoms with Crippen molar-refractivity contribution >= 4 is 29.7 Å². The Labute approximate surface area is 138 Å². The van der Waals surface area contributed by atoms with Crippen LogP contribution in [0.4, 0.5) is 4.39 Å². The van der Waals surface area contributed by atoms with Gasteiger partial charge in [0.05, 0.1) is 10.5 Å². The number of benzene rings is 1. The minimum atomic E-state index is -0.434. The Morgan fingerprint density at radius 1 is 1.45 bits per heavy atom. The molecule has 1 aromatic heterocycles. The summed E-state index contributed by atoms with van der Waals surface area (Å²) in [7, 11) is 0. The predicted molar refractivity (Wildman–Crippen MR) is 86.9 cm³/mol. The fourth-order valence-corrected chi connectivity index (χ4v) is 3.13. The number of nitrogens with two attached hydrogens (primary N) is 1. The highest BCUT2D eigenvalue weighted by molar-refractivity contribution is 7.09. The number of nitrogens with one attached hydrogen (secondary N) is 1. The van der Waals surface area contributed by atoms with E-state index in [1.54, 1.807) is 11.4 Å². The minimum Gasteiger partial charge on any atom is -0.341 e. The summed E-state index contributed by atoms with van der Waals surface area (Å²) in [6.45, 7) is 0.516. The van der Waals surface area contributed by atoms with Crippen LogP contribution < -0.4 is 11.1 Å². The van der Waals surface area contributed by atoms with Crippen LogP contribution in [0.1, 0.15) is 33.9 Å². The molecule has 1 saturated carbocycles. The SMILES string of the molecule is Cl.NCCc1nc(C(=O)NC2(c3cccc(F)c3)CC2)cs1. The van der Waals surface area contributed by atoms with Crippen molar-refractivity contribution < 1.29 is 9.18 Å². The number of amides is 1. The summed E-state index contributed by atoms with van der Waals surface area (Å²) < 4.78 is 13.3. The third-order valence-corrected chi connectivity index (χ3v) is 4.53. The van der Waals surface area contributed by atoms with Gasteiger partial charge in [-0.05, 0) is 37.1 Å². The first-order chi connectivity index (χ1) is 10.1. The molecule has 7 heteroatoms. The van der Waals surface area contributed by atoms with Gasteiger partial charge in [-0.15, -0.1) is 23.7 Å². The third-order valence-electron chi connectivity index (χ3n) is 3.62. The molecule has 1 amide bonds. The summed E-state index contributed by atoms with van der Waals surface area (Å²) in [6, 6.07) is 6.39. The lowest BCUT2D eigenvalue weighted by Gasteiger charge is -2.17. The van der Waals surface area contributed by atoms with Crippen LogP contribution in [-0.2, 0) is 12.0 Å². The Kier molecular flexibility index (Phi) is 5.16. The molecule has 0 radical (unpaired) electrons. The molecule has 1 aliphatic rings. The number of thiazole rings is 1. The molecule has 4 nitrogen and oxygen atoms in total. The molecule has 0 atom stereocenters. The van der Waals surface area contributed by atoms with E-state index in [1.165, 1.54) is 23.5 Å². The second kappa shape index (κ2) is 6.73. The average Bonchev–Trinajstić information content (AvgIpc) is 3.09. The predicted octanol–water partition coefficient (Wildman–Crippen LogP) is 2.62. The molecule has 22 heavy (non-hydrogen) atoms. The minimum absolute atomic E-state index is 0. The van der Waals surface area contributed by atoms with Crippen LogP contribution in [0, 0.1) is 5.82 Å². The lowest BCUT2D eigenvalue weighted by atomic mass is 10.0. The summed E-state index contributed by atoms with van der Waals surface area (Å²) >= 11 is 1.44. The van der Waals surface area contributed by atoms with Gasteiger partial charge in [-0.3, -0.25) is 4.79 Å². The molecular weight excluding hydrogens is 325 g/mol. The molecule has 0 spiro atoms. The first kappa shape index (κ1) is 16.9. The summed E-state index contributed by atoms with van der Waals surface area (Å²) in [6.07, 6.45) is 2.32. The molecule has 1 fully saturated rings. The number of halogens is 2. The Bertz CT molecular complexity index is 672. The van der Waals surface area contributed by atoms with E-state index in [4.69, 9.17) is 5.73 Å². The van der Waals surface area contributed by atoms with Crippen LogP contribution in [-0.4, -0.2) is 17.4 Å². The normalized spacial score (nSPS) is 15.0. The number of nitrogens with zero attached hydrogens (tertiary/aromatic N) is 1. The maximum atomic E-state index is 13.3. The molecule has 118 valence electrons. The number of hydrogen-bond donors (Lipinski definition) is 2. The molecule has 0 aliphatic heterocycles. The lowest BCUT2D eigenvalue weighted by molar-refractivity contribution is 0.0926. The van der Waals surface area contributed by atoms with E-state index >= 15 is 0 Å². The molecule has 1 heterocycles. The highest BCUT2D eigenvalue weighted by Crippen LogP contribution is 2.45. The quantitative estimate of drug-likeness (QED) is 0.878. The van der Waals surface area contributed by atoms with Crippen molar-refractivity contribution in [2.24, 2.45) is 5.73 Å². The zero-order valence-electron chi connectivity index (χ0n) is 11.8.